The highest BCUT2D eigenvalue weighted by Crippen LogP contribution is 2.24. The molecular formula is C30H34ClN3O4S. The first kappa shape index (κ1) is 28.6. The third-order valence-electron chi connectivity index (χ3n) is 6.99. The first-order valence-corrected chi connectivity index (χ1v) is 15.3. The summed E-state index contributed by atoms with van der Waals surface area (Å²) in [5.41, 5.74) is 1.94. The number of nitrogens with one attached hydrogen (secondary N) is 1. The van der Waals surface area contributed by atoms with E-state index in [9.17, 15) is 18.0 Å². The molecule has 3 aromatic rings. The number of amides is 2. The standard InChI is InChI=1S/C30H34ClN3O4S/c1-39(37,38)34(26-17-6-3-7-18-26)22-29(35)33(21-24-14-8-11-19-27(24)31)28(20-23-12-4-2-5-13-23)30(36)32-25-15-9-10-16-25/h2-8,11-14,17-19,25,28H,9-10,15-16,20-22H2,1H3,(H,32,36)/t28-/m1/s1. The minimum atomic E-state index is -3.79. The van der Waals surface area contributed by atoms with Gasteiger partial charge in [-0.2, -0.15) is 0 Å². The molecule has 0 radical (unpaired) electrons. The molecule has 1 fully saturated rings. The maximum absolute atomic E-state index is 14.1. The molecule has 1 saturated carbocycles. The number of carbonyl (C=O) groups is 2. The van der Waals surface area contributed by atoms with Crippen molar-refractivity contribution in [1.82, 2.24) is 10.2 Å². The van der Waals surface area contributed by atoms with Crippen molar-refractivity contribution in [3.8, 4) is 0 Å². The molecule has 39 heavy (non-hydrogen) atoms. The molecular weight excluding hydrogens is 534 g/mol. The molecule has 2 amide bonds. The molecule has 1 aliphatic carbocycles. The lowest BCUT2D eigenvalue weighted by Crippen LogP contribution is -2.54. The zero-order chi connectivity index (χ0) is 27.8. The van der Waals surface area contributed by atoms with E-state index in [4.69, 9.17) is 11.6 Å². The molecule has 0 aromatic heterocycles. The molecule has 1 aliphatic rings. The van der Waals surface area contributed by atoms with Crippen molar-refractivity contribution < 1.29 is 18.0 Å². The average Bonchev–Trinajstić information content (AvgIpc) is 3.43. The summed E-state index contributed by atoms with van der Waals surface area (Å²) in [6.07, 6.45) is 5.25. The normalized spacial score (nSPS) is 14.5. The van der Waals surface area contributed by atoms with Gasteiger partial charge in [-0.3, -0.25) is 13.9 Å². The van der Waals surface area contributed by atoms with Gasteiger partial charge in [0.05, 0.1) is 11.9 Å². The Labute approximate surface area is 235 Å². The highest BCUT2D eigenvalue weighted by Gasteiger charge is 2.34. The summed E-state index contributed by atoms with van der Waals surface area (Å²) in [6, 6.07) is 24.4. The molecule has 4 rings (SSSR count). The summed E-state index contributed by atoms with van der Waals surface area (Å²) in [5, 5.41) is 3.62. The van der Waals surface area contributed by atoms with Crippen LogP contribution >= 0.6 is 11.6 Å². The van der Waals surface area contributed by atoms with Crippen LogP contribution in [-0.4, -0.2) is 50.0 Å². The lowest BCUT2D eigenvalue weighted by Gasteiger charge is -2.34. The van der Waals surface area contributed by atoms with Crippen LogP contribution in [0.4, 0.5) is 5.69 Å². The van der Waals surface area contributed by atoms with Crippen LogP contribution in [0.25, 0.3) is 0 Å². The Kier molecular flexibility index (Phi) is 9.64. The van der Waals surface area contributed by atoms with Crippen molar-refractivity contribution in [3.63, 3.8) is 0 Å². The van der Waals surface area contributed by atoms with Gasteiger partial charge in [0.25, 0.3) is 0 Å². The summed E-state index contributed by atoms with van der Waals surface area (Å²) in [6.45, 7) is -0.393. The Balaban J connectivity index is 1.72. The van der Waals surface area contributed by atoms with E-state index < -0.39 is 28.5 Å². The number of sulfonamides is 1. The summed E-state index contributed by atoms with van der Waals surface area (Å²) in [7, 11) is -3.79. The van der Waals surface area contributed by atoms with Gasteiger partial charge in [0, 0.05) is 24.0 Å². The Morgan fingerprint density at radius 1 is 0.923 bits per heavy atom. The van der Waals surface area contributed by atoms with Gasteiger partial charge >= 0.3 is 0 Å². The fraction of sp³-hybridized carbons (Fsp3) is 0.333. The maximum atomic E-state index is 14.1. The molecule has 0 saturated heterocycles. The van der Waals surface area contributed by atoms with Crippen LogP contribution in [0.2, 0.25) is 5.02 Å². The number of halogens is 1. The Morgan fingerprint density at radius 3 is 2.13 bits per heavy atom. The van der Waals surface area contributed by atoms with E-state index in [0.29, 0.717) is 16.3 Å². The van der Waals surface area contributed by atoms with Crippen LogP contribution in [0.5, 0.6) is 0 Å². The molecule has 1 atom stereocenters. The largest absolute Gasteiger partial charge is 0.352 e. The first-order chi connectivity index (χ1) is 18.7. The predicted molar refractivity (Wildman–Crippen MR) is 155 cm³/mol. The number of benzene rings is 3. The Morgan fingerprint density at radius 2 is 1.51 bits per heavy atom. The minimum absolute atomic E-state index is 0.0560. The number of carbonyl (C=O) groups excluding carboxylic acids is 2. The number of nitrogens with zero attached hydrogens (tertiary/aromatic N) is 2. The van der Waals surface area contributed by atoms with Crippen molar-refractivity contribution in [1.29, 1.82) is 0 Å². The number of rotatable bonds is 11. The lowest BCUT2D eigenvalue weighted by atomic mass is 10.0. The summed E-state index contributed by atoms with van der Waals surface area (Å²) in [5.74, 6) is -0.747. The third kappa shape index (κ3) is 7.83. The number of hydrogen-bond acceptors (Lipinski definition) is 4. The molecule has 0 bridgehead atoms. The van der Waals surface area contributed by atoms with E-state index in [1.54, 1.807) is 42.5 Å². The first-order valence-electron chi connectivity index (χ1n) is 13.1. The molecule has 3 aromatic carbocycles. The van der Waals surface area contributed by atoms with Crippen LogP contribution in [0.15, 0.2) is 84.9 Å². The quantitative estimate of drug-likeness (QED) is 0.360. The monoisotopic (exact) mass is 567 g/mol. The van der Waals surface area contributed by atoms with Crippen LogP contribution in [-0.2, 0) is 32.6 Å². The van der Waals surface area contributed by atoms with Crippen LogP contribution in [0, 0.1) is 0 Å². The second kappa shape index (κ2) is 13.1. The SMILES string of the molecule is CS(=O)(=O)N(CC(=O)N(Cc1ccccc1Cl)[C@H](Cc1ccccc1)C(=O)NC1CCCC1)c1ccccc1. The van der Waals surface area contributed by atoms with E-state index in [1.165, 1.54) is 4.90 Å². The average molecular weight is 568 g/mol. The second-order valence-corrected chi connectivity index (χ2v) is 12.2. The van der Waals surface area contributed by atoms with E-state index in [2.05, 4.69) is 5.32 Å². The highest BCUT2D eigenvalue weighted by molar-refractivity contribution is 7.92. The van der Waals surface area contributed by atoms with E-state index in [0.717, 1.165) is 41.8 Å². The topological polar surface area (TPSA) is 86.8 Å². The molecule has 0 aliphatic heterocycles. The molecule has 9 heteroatoms. The molecule has 1 N–H and O–H groups in total. The fourth-order valence-electron chi connectivity index (χ4n) is 4.94. The van der Waals surface area contributed by atoms with Crippen LogP contribution in [0.1, 0.15) is 36.8 Å². The zero-order valence-corrected chi connectivity index (χ0v) is 23.6. The van der Waals surface area contributed by atoms with Gasteiger partial charge in [-0.25, -0.2) is 8.42 Å². The molecule has 0 unspecified atom stereocenters. The number of hydrogen-bond donors (Lipinski definition) is 1. The van der Waals surface area contributed by atoms with Crippen molar-refractivity contribution in [2.45, 2.75) is 50.7 Å². The summed E-state index contributed by atoms with van der Waals surface area (Å²) in [4.78, 5) is 29.3. The summed E-state index contributed by atoms with van der Waals surface area (Å²) >= 11 is 6.48. The predicted octanol–water partition coefficient (Wildman–Crippen LogP) is 4.80. The molecule has 0 spiro atoms. The lowest BCUT2D eigenvalue weighted by molar-refractivity contribution is -0.140. The van der Waals surface area contributed by atoms with E-state index in [1.807, 2.05) is 42.5 Å². The van der Waals surface area contributed by atoms with Crippen LogP contribution in [0.3, 0.4) is 0 Å². The number of anilines is 1. The van der Waals surface area contributed by atoms with Crippen molar-refractivity contribution in [3.05, 3.63) is 101 Å². The van der Waals surface area contributed by atoms with Crippen LogP contribution < -0.4 is 9.62 Å². The molecule has 206 valence electrons. The van der Waals surface area contributed by atoms with Crippen molar-refractivity contribution >= 4 is 39.1 Å². The van der Waals surface area contributed by atoms with Gasteiger partial charge in [0.15, 0.2) is 0 Å². The van der Waals surface area contributed by atoms with Crippen molar-refractivity contribution in [2.75, 3.05) is 17.1 Å². The van der Waals surface area contributed by atoms with Crippen molar-refractivity contribution in [2.24, 2.45) is 0 Å². The van der Waals surface area contributed by atoms with Gasteiger partial charge in [0.1, 0.15) is 12.6 Å². The van der Waals surface area contributed by atoms with Gasteiger partial charge in [-0.05, 0) is 42.2 Å². The maximum Gasteiger partial charge on any atom is 0.244 e. The summed E-state index contributed by atoms with van der Waals surface area (Å²) < 4.78 is 26.6. The van der Waals surface area contributed by atoms with Gasteiger partial charge in [0.2, 0.25) is 21.8 Å². The molecule has 0 heterocycles. The zero-order valence-electron chi connectivity index (χ0n) is 22.0. The molecule has 7 nitrogen and oxygen atoms in total. The van der Waals surface area contributed by atoms with Gasteiger partial charge in [-0.15, -0.1) is 0 Å². The van der Waals surface area contributed by atoms with Gasteiger partial charge in [-0.1, -0.05) is 91.2 Å². The second-order valence-electron chi connectivity index (χ2n) is 9.91. The third-order valence-corrected chi connectivity index (χ3v) is 8.50. The smallest absolute Gasteiger partial charge is 0.244 e. The fourth-order valence-corrected chi connectivity index (χ4v) is 5.98. The number of para-hydroxylation sites is 1. The minimum Gasteiger partial charge on any atom is -0.352 e. The Hall–Kier alpha value is -3.36. The van der Waals surface area contributed by atoms with E-state index >= 15 is 0 Å². The van der Waals surface area contributed by atoms with Gasteiger partial charge < -0.3 is 10.2 Å². The Bertz CT molecular complexity index is 1360. The van der Waals surface area contributed by atoms with E-state index in [-0.39, 0.29) is 24.9 Å². The highest BCUT2D eigenvalue weighted by atomic mass is 35.5.